The average Bonchev–Trinajstić information content (AvgIpc) is 2.96. The molecule has 0 radical (unpaired) electrons. The molecule has 0 aromatic heterocycles. The van der Waals surface area contributed by atoms with Crippen LogP contribution in [0.4, 0.5) is 0 Å². The Bertz CT molecular complexity index is 549. The van der Waals surface area contributed by atoms with E-state index in [1.165, 1.54) is 4.90 Å². The summed E-state index contributed by atoms with van der Waals surface area (Å²) >= 11 is 0. The minimum absolute atomic E-state index is 0.00742. The van der Waals surface area contributed by atoms with E-state index in [4.69, 9.17) is 0 Å². The Balaban J connectivity index is 1.84. The number of carbonyl (C=O) groups excluding carboxylic acids is 2. The highest BCUT2D eigenvalue weighted by molar-refractivity contribution is 6.05. The molecule has 1 heterocycles. The van der Waals surface area contributed by atoms with Crippen LogP contribution in [0.25, 0.3) is 0 Å². The minimum Gasteiger partial charge on any atom is -0.276 e. The number of benzene rings is 1. The lowest BCUT2D eigenvalue weighted by Gasteiger charge is -2.27. The van der Waals surface area contributed by atoms with Crippen LogP contribution in [-0.2, 0) is 4.79 Å². The number of hydrogen-bond donors (Lipinski definition) is 0. The average molecular weight is 271 g/mol. The first-order valence-electron chi connectivity index (χ1n) is 7.34. The van der Waals surface area contributed by atoms with Crippen molar-refractivity contribution in [3.05, 3.63) is 35.9 Å². The standard InChI is InChI=1S/C17H21NO2/c1-11-9-13-14(17(13,2)3)10-15(19)18(11)16(20)12-7-5-4-6-8-12/h4-8,11,13-14H,9-10H2,1-3H3. The maximum atomic E-state index is 12.6. The summed E-state index contributed by atoms with van der Waals surface area (Å²) < 4.78 is 0. The van der Waals surface area contributed by atoms with Gasteiger partial charge in [0, 0.05) is 18.0 Å². The van der Waals surface area contributed by atoms with Gasteiger partial charge >= 0.3 is 0 Å². The van der Waals surface area contributed by atoms with Gasteiger partial charge in [0.05, 0.1) is 0 Å². The van der Waals surface area contributed by atoms with Crippen LogP contribution in [0, 0.1) is 17.3 Å². The van der Waals surface area contributed by atoms with Crippen molar-refractivity contribution in [1.29, 1.82) is 0 Å². The van der Waals surface area contributed by atoms with E-state index in [1.54, 1.807) is 12.1 Å². The summed E-state index contributed by atoms with van der Waals surface area (Å²) in [7, 11) is 0. The number of likely N-dealkylation sites (tertiary alicyclic amines) is 1. The summed E-state index contributed by atoms with van der Waals surface area (Å²) in [5.41, 5.74) is 0.869. The Morgan fingerprint density at radius 3 is 2.50 bits per heavy atom. The molecule has 2 amide bonds. The van der Waals surface area contributed by atoms with Crippen LogP contribution in [0.2, 0.25) is 0 Å². The van der Waals surface area contributed by atoms with Gasteiger partial charge in [0.2, 0.25) is 5.91 Å². The molecule has 3 nitrogen and oxygen atoms in total. The first kappa shape index (κ1) is 13.3. The van der Waals surface area contributed by atoms with Gasteiger partial charge in [-0.1, -0.05) is 32.0 Å². The Morgan fingerprint density at radius 2 is 1.85 bits per heavy atom. The number of rotatable bonds is 1. The normalized spacial score (nSPS) is 31.4. The molecule has 0 spiro atoms. The molecule has 1 saturated heterocycles. The molecule has 3 unspecified atom stereocenters. The quantitative estimate of drug-likeness (QED) is 0.736. The third-order valence-electron chi connectivity index (χ3n) is 5.23. The van der Waals surface area contributed by atoms with Gasteiger partial charge < -0.3 is 0 Å². The van der Waals surface area contributed by atoms with Gasteiger partial charge in [0.15, 0.2) is 0 Å². The highest BCUT2D eigenvalue weighted by atomic mass is 16.2. The van der Waals surface area contributed by atoms with Gasteiger partial charge in [-0.15, -0.1) is 0 Å². The van der Waals surface area contributed by atoms with Crippen LogP contribution >= 0.6 is 0 Å². The van der Waals surface area contributed by atoms with Crippen LogP contribution in [0.15, 0.2) is 30.3 Å². The van der Waals surface area contributed by atoms with Gasteiger partial charge in [-0.05, 0) is 42.7 Å². The summed E-state index contributed by atoms with van der Waals surface area (Å²) in [6, 6.07) is 9.09. The first-order valence-corrected chi connectivity index (χ1v) is 7.34. The number of hydrogen-bond acceptors (Lipinski definition) is 2. The zero-order valence-electron chi connectivity index (χ0n) is 12.3. The maximum Gasteiger partial charge on any atom is 0.260 e. The topological polar surface area (TPSA) is 37.4 Å². The highest BCUT2D eigenvalue weighted by Gasteiger charge is 2.60. The predicted octanol–water partition coefficient (Wildman–Crippen LogP) is 3.11. The molecule has 1 aliphatic carbocycles. The molecular weight excluding hydrogens is 250 g/mol. The molecular formula is C17H21NO2. The summed E-state index contributed by atoms with van der Waals surface area (Å²) in [5, 5.41) is 0. The lowest BCUT2D eigenvalue weighted by Crippen LogP contribution is -2.43. The number of amides is 2. The Hall–Kier alpha value is -1.64. The molecule has 2 aliphatic rings. The second-order valence-corrected chi connectivity index (χ2v) is 6.76. The van der Waals surface area contributed by atoms with E-state index in [2.05, 4.69) is 13.8 Å². The third-order valence-corrected chi connectivity index (χ3v) is 5.23. The fourth-order valence-electron chi connectivity index (χ4n) is 3.77. The molecule has 3 rings (SSSR count). The Morgan fingerprint density at radius 1 is 1.20 bits per heavy atom. The summed E-state index contributed by atoms with van der Waals surface area (Å²) in [6.45, 7) is 6.46. The smallest absolute Gasteiger partial charge is 0.260 e. The van der Waals surface area contributed by atoms with E-state index in [-0.39, 0.29) is 23.3 Å². The molecule has 3 atom stereocenters. The van der Waals surface area contributed by atoms with Crippen LogP contribution in [0.1, 0.15) is 44.0 Å². The Labute approximate surface area is 120 Å². The maximum absolute atomic E-state index is 12.6. The molecule has 1 saturated carbocycles. The highest BCUT2D eigenvalue weighted by Crippen LogP contribution is 2.63. The van der Waals surface area contributed by atoms with Crippen molar-refractivity contribution in [2.45, 2.75) is 39.7 Å². The zero-order valence-corrected chi connectivity index (χ0v) is 12.3. The summed E-state index contributed by atoms with van der Waals surface area (Å²) in [4.78, 5) is 26.5. The fraction of sp³-hybridized carbons (Fsp3) is 0.529. The third kappa shape index (κ3) is 1.96. The van der Waals surface area contributed by atoms with Gasteiger partial charge in [0.25, 0.3) is 5.91 Å². The van der Waals surface area contributed by atoms with Gasteiger partial charge in [-0.25, -0.2) is 0 Å². The molecule has 1 aromatic carbocycles. The van der Waals surface area contributed by atoms with Crippen molar-refractivity contribution in [2.24, 2.45) is 17.3 Å². The first-order chi connectivity index (χ1) is 9.43. The van der Waals surface area contributed by atoms with Gasteiger partial charge in [-0.3, -0.25) is 14.5 Å². The van der Waals surface area contributed by atoms with Gasteiger partial charge in [-0.2, -0.15) is 0 Å². The molecule has 3 heteroatoms. The number of carbonyl (C=O) groups is 2. The lowest BCUT2D eigenvalue weighted by atomic mass is 10.0. The predicted molar refractivity (Wildman–Crippen MR) is 77.1 cm³/mol. The lowest BCUT2D eigenvalue weighted by molar-refractivity contribution is -0.130. The monoisotopic (exact) mass is 271 g/mol. The SMILES string of the molecule is CC1CC2C(CC(=O)N1C(=O)c1ccccc1)C2(C)C. The van der Waals surface area contributed by atoms with Crippen molar-refractivity contribution < 1.29 is 9.59 Å². The molecule has 1 aliphatic heterocycles. The largest absolute Gasteiger partial charge is 0.276 e. The van der Waals surface area contributed by atoms with Crippen molar-refractivity contribution in [3.63, 3.8) is 0 Å². The van der Waals surface area contributed by atoms with E-state index in [0.717, 1.165) is 6.42 Å². The van der Waals surface area contributed by atoms with E-state index in [1.807, 2.05) is 25.1 Å². The number of imide groups is 1. The van der Waals surface area contributed by atoms with E-state index in [0.29, 0.717) is 23.8 Å². The van der Waals surface area contributed by atoms with Crippen molar-refractivity contribution >= 4 is 11.8 Å². The Kier molecular flexibility index (Phi) is 2.96. The number of nitrogens with zero attached hydrogens (tertiary/aromatic N) is 1. The van der Waals surface area contributed by atoms with Crippen LogP contribution in [0.5, 0.6) is 0 Å². The van der Waals surface area contributed by atoms with Crippen molar-refractivity contribution in [3.8, 4) is 0 Å². The van der Waals surface area contributed by atoms with Gasteiger partial charge in [0.1, 0.15) is 0 Å². The van der Waals surface area contributed by atoms with Crippen molar-refractivity contribution in [1.82, 2.24) is 4.90 Å². The molecule has 2 fully saturated rings. The van der Waals surface area contributed by atoms with Crippen LogP contribution < -0.4 is 0 Å². The minimum atomic E-state index is -0.151. The van der Waals surface area contributed by atoms with Crippen LogP contribution in [-0.4, -0.2) is 22.8 Å². The second-order valence-electron chi connectivity index (χ2n) is 6.76. The molecule has 0 N–H and O–H groups in total. The molecule has 20 heavy (non-hydrogen) atoms. The van der Waals surface area contributed by atoms with Crippen molar-refractivity contribution in [2.75, 3.05) is 0 Å². The fourth-order valence-corrected chi connectivity index (χ4v) is 3.77. The van der Waals surface area contributed by atoms with Crippen LogP contribution in [0.3, 0.4) is 0 Å². The number of fused-ring (bicyclic) bond motifs is 1. The summed E-state index contributed by atoms with van der Waals surface area (Å²) in [6.07, 6.45) is 1.45. The molecule has 106 valence electrons. The van der Waals surface area contributed by atoms with E-state index < -0.39 is 0 Å². The zero-order chi connectivity index (χ0) is 14.5. The second kappa shape index (κ2) is 4.44. The molecule has 1 aromatic rings. The molecule has 0 bridgehead atoms. The summed E-state index contributed by atoms with van der Waals surface area (Å²) in [5.74, 6) is 0.868. The van der Waals surface area contributed by atoms with E-state index >= 15 is 0 Å². The van der Waals surface area contributed by atoms with E-state index in [9.17, 15) is 9.59 Å².